The van der Waals surface area contributed by atoms with E-state index in [0.29, 0.717) is 32.9 Å². The van der Waals surface area contributed by atoms with E-state index in [-0.39, 0.29) is 28.8 Å². The number of fused-ring (bicyclic) bond motifs is 1. The summed E-state index contributed by atoms with van der Waals surface area (Å²) in [6.07, 6.45) is 3.15. The van der Waals surface area contributed by atoms with Crippen LogP contribution in [0.2, 0.25) is 0 Å². The van der Waals surface area contributed by atoms with Gasteiger partial charge in [0.15, 0.2) is 0 Å². The van der Waals surface area contributed by atoms with Crippen molar-refractivity contribution in [2.75, 3.05) is 13.7 Å². The summed E-state index contributed by atoms with van der Waals surface area (Å²) >= 11 is 6.56. The molecule has 32 heavy (non-hydrogen) atoms. The SMILES string of the molecule is COc1ccc(Oc2nc3ccccn3c(=O)c2C=C2SC(=S)N(CC(C)C)C2=O)cc1. The van der Waals surface area contributed by atoms with Crippen molar-refractivity contribution >= 4 is 45.9 Å². The van der Waals surface area contributed by atoms with E-state index >= 15 is 0 Å². The van der Waals surface area contributed by atoms with E-state index < -0.39 is 0 Å². The Kier molecular flexibility index (Phi) is 6.29. The highest BCUT2D eigenvalue weighted by atomic mass is 32.2. The number of methoxy groups -OCH3 is 1. The second-order valence-electron chi connectivity index (χ2n) is 7.53. The highest BCUT2D eigenvalue weighted by Gasteiger charge is 2.33. The third-order valence-electron chi connectivity index (χ3n) is 4.70. The molecule has 0 N–H and O–H groups in total. The number of carbonyl (C=O) groups excluding carboxylic acids is 1. The lowest BCUT2D eigenvalue weighted by molar-refractivity contribution is -0.122. The van der Waals surface area contributed by atoms with Gasteiger partial charge in [0.2, 0.25) is 5.88 Å². The third kappa shape index (κ3) is 4.39. The molecular weight excluding hydrogens is 446 g/mol. The number of aromatic nitrogens is 2. The first-order valence-corrected chi connectivity index (χ1v) is 11.2. The van der Waals surface area contributed by atoms with Crippen LogP contribution in [-0.2, 0) is 4.79 Å². The van der Waals surface area contributed by atoms with E-state index in [4.69, 9.17) is 21.7 Å². The van der Waals surface area contributed by atoms with Gasteiger partial charge in [-0.25, -0.2) is 0 Å². The third-order valence-corrected chi connectivity index (χ3v) is 6.08. The molecule has 0 atom stereocenters. The molecule has 2 aromatic heterocycles. The molecule has 1 saturated heterocycles. The van der Waals surface area contributed by atoms with E-state index in [0.717, 1.165) is 0 Å². The van der Waals surface area contributed by atoms with E-state index in [1.165, 1.54) is 22.2 Å². The fourth-order valence-electron chi connectivity index (χ4n) is 3.19. The Bertz CT molecular complexity index is 1280. The van der Waals surface area contributed by atoms with Crippen molar-refractivity contribution in [1.29, 1.82) is 0 Å². The molecular formula is C23H21N3O4S2. The lowest BCUT2D eigenvalue weighted by Crippen LogP contribution is -2.31. The van der Waals surface area contributed by atoms with Gasteiger partial charge in [0.1, 0.15) is 27.0 Å². The normalized spacial score (nSPS) is 15.2. The van der Waals surface area contributed by atoms with Crippen LogP contribution < -0.4 is 15.0 Å². The first-order valence-electron chi connectivity index (χ1n) is 9.96. The van der Waals surface area contributed by atoms with Crippen LogP contribution in [0.3, 0.4) is 0 Å². The maximum Gasteiger partial charge on any atom is 0.269 e. The lowest BCUT2D eigenvalue weighted by Gasteiger charge is -2.16. The fourth-order valence-corrected chi connectivity index (χ4v) is 4.45. The van der Waals surface area contributed by atoms with Gasteiger partial charge in [-0.05, 0) is 48.4 Å². The zero-order valence-corrected chi connectivity index (χ0v) is 19.4. The molecule has 0 saturated carbocycles. The maximum atomic E-state index is 13.3. The molecule has 3 heterocycles. The van der Waals surface area contributed by atoms with E-state index in [9.17, 15) is 9.59 Å². The molecule has 1 aliphatic heterocycles. The summed E-state index contributed by atoms with van der Waals surface area (Å²) in [5.41, 5.74) is 0.272. The van der Waals surface area contributed by atoms with Gasteiger partial charge in [-0.3, -0.25) is 18.9 Å². The molecule has 4 rings (SSSR count). The number of hydrogen-bond donors (Lipinski definition) is 0. The average Bonchev–Trinajstić information content (AvgIpc) is 3.04. The largest absolute Gasteiger partial charge is 0.497 e. The van der Waals surface area contributed by atoms with Crippen molar-refractivity contribution in [1.82, 2.24) is 14.3 Å². The quantitative estimate of drug-likeness (QED) is 0.394. The Labute approximate surface area is 194 Å². The minimum Gasteiger partial charge on any atom is -0.497 e. The predicted molar refractivity (Wildman–Crippen MR) is 129 cm³/mol. The monoisotopic (exact) mass is 467 g/mol. The number of pyridine rings is 1. The van der Waals surface area contributed by atoms with Crippen molar-refractivity contribution in [2.45, 2.75) is 13.8 Å². The summed E-state index contributed by atoms with van der Waals surface area (Å²) in [4.78, 5) is 32.7. The van der Waals surface area contributed by atoms with Crippen molar-refractivity contribution in [3.05, 3.63) is 69.5 Å². The summed E-state index contributed by atoms with van der Waals surface area (Å²) in [6.45, 7) is 4.55. The minimum atomic E-state index is -0.340. The number of carbonyl (C=O) groups is 1. The smallest absolute Gasteiger partial charge is 0.269 e. The number of thiocarbonyl (C=S) groups is 1. The Morgan fingerprint density at radius 2 is 1.84 bits per heavy atom. The number of benzene rings is 1. The summed E-state index contributed by atoms with van der Waals surface area (Å²) < 4.78 is 13.0. The number of ether oxygens (including phenoxy) is 2. The van der Waals surface area contributed by atoms with Gasteiger partial charge >= 0.3 is 0 Å². The molecule has 7 nitrogen and oxygen atoms in total. The lowest BCUT2D eigenvalue weighted by atomic mass is 10.2. The number of hydrogen-bond acceptors (Lipinski definition) is 7. The van der Waals surface area contributed by atoms with Gasteiger partial charge in [0.05, 0.1) is 12.0 Å². The van der Waals surface area contributed by atoms with Crippen LogP contribution in [0.25, 0.3) is 11.7 Å². The van der Waals surface area contributed by atoms with Crippen LogP contribution in [0, 0.1) is 5.92 Å². The number of nitrogens with zero attached hydrogens (tertiary/aromatic N) is 3. The van der Waals surface area contributed by atoms with Gasteiger partial charge in [-0.1, -0.05) is 43.9 Å². The Hall–Kier alpha value is -3.17. The van der Waals surface area contributed by atoms with Crippen molar-refractivity contribution < 1.29 is 14.3 Å². The Morgan fingerprint density at radius 1 is 1.12 bits per heavy atom. The summed E-state index contributed by atoms with van der Waals surface area (Å²) in [6, 6.07) is 12.2. The van der Waals surface area contributed by atoms with Gasteiger partial charge in [-0.15, -0.1) is 0 Å². The van der Waals surface area contributed by atoms with E-state index in [1.807, 2.05) is 13.8 Å². The molecule has 1 fully saturated rings. The molecule has 1 amide bonds. The van der Waals surface area contributed by atoms with E-state index in [2.05, 4.69) is 4.98 Å². The topological polar surface area (TPSA) is 73.1 Å². The first kappa shape index (κ1) is 22.0. The number of rotatable bonds is 6. The molecule has 0 unspecified atom stereocenters. The van der Waals surface area contributed by atoms with Crippen LogP contribution in [0.5, 0.6) is 17.4 Å². The second kappa shape index (κ2) is 9.13. The molecule has 0 radical (unpaired) electrons. The van der Waals surface area contributed by atoms with Crippen molar-refractivity contribution in [3.63, 3.8) is 0 Å². The van der Waals surface area contributed by atoms with E-state index in [1.54, 1.807) is 60.7 Å². The highest BCUT2D eigenvalue weighted by Crippen LogP contribution is 2.34. The number of thioether (sulfide) groups is 1. The summed E-state index contributed by atoms with van der Waals surface area (Å²) in [5, 5.41) is 0. The molecule has 9 heteroatoms. The van der Waals surface area contributed by atoms with Gasteiger partial charge < -0.3 is 9.47 Å². The zero-order chi connectivity index (χ0) is 22.8. The van der Waals surface area contributed by atoms with Crippen molar-refractivity contribution in [3.8, 4) is 17.4 Å². The maximum absolute atomic E-state index is 13.3. The molecule has 164 valence electrons. The fraction of sp³-hybridized carbons (Fsp3) is 0.217. The predicted octanol–water partition coefficient (Wildman–Crippen LogP) is 4.35. The molecule has 3 aromatic rings. The molecule has 0 bridgehead atoms. The van der Waals surface area contributed by atoms with Crippen molar-refractivity contribution in [2.24, 2.45) is 5.92 Å². The molecule has 1 aromatic carbocycles. The minimum absolute atomic E-state index is 0.112. The molecule has 1 aliphatic rings. The number of amides is 1. The van der Waals surface area contributed by atoms with Gasteiger partial charge in [0.25, 0.3) is 11.5 Å². The summed E-state index contributed by atoms with van der Waals surface area (Å²) in [7, 11) is 1.58. The standard InChI is InChI=1S/C23H21N3O4S2/c1-14(2)13-26-22(28)18(32-23(26)31)12-17-20(30-16-9-7-15(29-3)8-10-16)24-19-6-4-5-11-25(19)21(17)27/h4-12,14H,13H2,1-3H3. The average molecular weight is 468 g/mol. The molecule has 0 aliphatic carbocycles. The first-order chi connectivity index (χ1) is 15.4. The van der Waals surface area contributed by atoms with Gasteiger partial charge in [-0.2, -0.15) is 4.98 Å². The van der Waals surface area contributed by atoms with Crippen LogP contribution in [0.1, 0.15) is 19.4 Å². The Morgan fingerprint density at radius 3 is 2.53 bits per heavy atom. The Balaban J connectivity index is 1.80. The van der Waals surface area contributed by atoms with Crippen LogP contribution >= 0.6 is 24.0 Å². The van der Waals surface area contributed by atoms with Crippen LogP contribution in [0.15, 0.2) is 58.4 Å². The van der Waals surface area contributed by atoms with Gasteiger partial charge in [0, 0.05) is 12.7 Å². The van der Waals surface area contributed by atoms with Crippen LogP contribution in [-0.4, -0.2) is 38.2 Å². The van der Waals surface area contributed by atoms with Crippen LogP contribution in [0.4, 0.5) is 0 Å². The second-order valence-corrected chi connectivity index (χ2v) is 9.20. The summed E-state index contributed by atoms with van der Waals surface area (Å²) in [5.74, 6) is 1.32. The highest BCUT2D eigenvalue weighted by molar-refractivity contribution is 8.26. The molecule has 0 spiro atoms. The zero-order valence-electron chi connectivity index (χ0n) is 17.8.